The van der Waals surface area contributed by atoms with E-state index in [2.05, 4.69) is 5.32 Å². The van der Waals surface area contributed by atoms with Crippen molar-refractivity contribution in [2.24, 2.45) is 0 Å². The van der Waals surface area contributed by atoms with Gasteiger partial charge in [0.2, 0.25) is 0 Å². The molecule has 106 valence electrons. The van der Waals surface area contributed by atoms with Gasteiger partial charge in [0, 0.05) is 23.7 Å². The SMILES string of the molecule is OC(CNCc1c(Cl)ccc(Cl)c1Cl)c1ccccc1. The first-order valence-electron chi connectivity index (χ1n) is 6.15. The lowest BCUT2D eigenvalue weighted by atomic mass is 10.1. The highest BCUT2D eigenvalue weighted by Crippen LogP contribution is 2.31. The Hall–Kier alpha value is -0.770. The maximum Gasteiger partial charge on any atom is 0.0914 e. The van der Waals surface area contributed by atoms with E-state index in [9.17, 15) is 5.11 Å². The van der Waals surface area contributed by atoms with Gasteiger partial charge in [-0.3, -0.25) is 0 Å². The summed E-state index contributed by atoms with van der Waals surface area (Å²) in [5, 5.41) is 14.6. The number of aliphatic hydroxyl groups excluding tert-OH is 1. The maximum absolute atomic E-state index is 10.0. The van der Waals surface area contributed by atoms with Gasteiger partial charge >= 0.3 is 0 Å². The van der Waals surface area contributed by atoms with Gasteiger partial charge in [0.15, 0.2) is 0 Å². The van der Waals surface area contributed by atoms with Crippen LogP contribution in [-0.4, -0.2) is 11.7 Å². The number of nitrogens with one attached hydrogen (secondary N) is 1. The van der Waals surface area contributed by atoms with Crippen molar-refractivity contribution in [1.82, 2.24) is 5.32 Å². The molecular formula is C15H14Cl3NO. The number of benzene rings is 2. The van der Waals surface area contributed by atoms with Gasteiger partial charge in [-0.1, -0.05) is 65.1 Å². The van der Waals surface area contributed by atoms with Crippen molar-refractivity contribution >= 4 is 34.8 Å². The quantitative estimate of drug-likeness (QED) is 0.793. The summed E-state index contributed by atoms with van der Waals surface area (Å²) >= 11 is 18.2. The Bertz CT molecular complexity index is 575. The molecule has 2 N–H and O–H groups in total. The molecule has 0 aliphatic rings. The predicted molar refractivity (Wildman–Crippen MR) is 84.6 cm³/mol. The summed E-state index contributed by atoms with van der Waals surface area (Å²) in [6.07, 6.45) is -0.576. The minimum absolute atomic E-state index is 0.406. The molecule has 0 amide bonds. The first-order valence-corrected chi connectivity index (χ1v) is 7.29. The molecular weight excluding hydrogens is 317 g/mol. The molecule has 2 aromatic carbocycles. The number of rotatable bonds is 5. The molecule has 0 radical (unpaired) electrons. The van der Waals surface area contributed by atoms with E-state index in [0.29, 0.717) is 28.2 Å². The maximum atomic E-state index is 10.0. The molecule has 20 heavy (non-hydrogen) atoms. The first kappa shape index (κ1) is 15.6. The van der Waals surface area contributed by atoms with Crippen LogP contribution >= 0.6 is 34.8 Å². The van der Waals surface area contributed by atoms with Crippen LogP contribution in [-0.2, 0) is 6.54 Å². The number of hydrogen-bond donors (Lipinski definition) is 2. The summed E-state index contributed by atoms with van der Waals surface area (Å²) in [7, 11) is 0. The van der Waals surface area contributed by atoms with Crippen molar-refractivity contribution in [2.45, 2.75) is 12.6 Å². The highest BCUT2D eigenvalue weighted by atomic mass is 35.5. The third kappa shape index (κ3) is 3.87. The Morgan fingerprint density at radius 1 is 0.950 bits per heavy atom. The van der Waals surface area contributed by atoms with Crippen LogP contribution in [0.15, 0.2) is 42.5 Å². The normalized spacial score (nSPS) is 12.4. The number of aliphatic hydroxyl groups is 1. The lowest BCUT2D eigenvalue weighted by molar-refractivity contribution is 0.174. The van der Waals surface area contributed by atoms with Crippen molar-refractivity contribution in [3.63, 3.8) is 0 Å². The Kier molecular flexibility index (Phi) is 5.70. The van der Waals surface area contributed by atoms with Crippen LogP contribution in [0.4, 0.5) is 0 Å². The monoisotopic (exact) mass is 329 g/mol. The van der Waals surface area contributed by atoms with Gasteiger partial charge in [0.1, 0.15) is 0 Å². The van der Waals surface area contributed by atoms with Crippen LogP contribution < -0.4 is 5.32 Å². The van der Waals surface area contributed by atoms with Crippen LogP contribution in [0, 0.1) is 0 Å². The summed E-state index contributed by atoms with van der Waals surface area (Å²) in [4.78, 5) is 0. The highest BCUT2D eigenvalue weighted by molar-refractivity contribution is 6.44. The Labute approximate surface area is 133 Å². The van der Waals surface area contributed by atoms with E-state index in [1.54, 1.807) is 12.1 Å². The molecule has 5 heteroatoms. The van der Waals surface area contributed by atoms with Crippen LogP contribution in [0.3, 0.4) is 0 Å². The fourth-order valence-electron chi connectivity index (χ4n) is 1.86. The van der Waals surface area contributed by atoms with Crippen LogP contribution in [0.2, 0.25) is 15.1 Å². The highest BCUT2D eigenvalue weighted by Gasteiger charge is 2.11. The van der Waals surface area contributed by atoms with Crippen molar-refractivity contribution < 1.29 is 5.11 Å². The second-order valence-corrected chi connectivity index (χ2v) is 5.57. The Balaban J connectivity index is 1.95. The molecule has 2 nitrogen and oxygen atoms in total. The molecule has 0 fully saturated rings. The number of halogens is 3. The summed E-state index contributed by atoms with van der Waals surface area (Å²) < 4.78 is 0. The molecule has 0 aliphatic heterocycles. The zero-order chi connectivity index (χ0) is 14.5. The van der Waals surface area contributed by atoms with Crippen molar-refractivity contribution in [2.75, 3.05) is 6.54 Å². The molecule has 0 heterocycles. The van der Waals surface area contributed by atoms with Crippen LogP contribution in [0.1, 0.15) is 17.2 Å². The minimum Gasteiger partial charge on any atom is -0.387 e. The van der Waals surface area contributed by atoms with E-state index in [1.807, 2.05) is 30.3 Å². The van der Waals surface area contributed by atoms with E-state index < -0.39 is 6.10 Å². The smallest absolute Gasteiger partial charge is 0.0914 e. The van der Waals surface area contributed by atoms with E-state index in [-0.39, 0.29) is 0 Å². The van der Waals surface area contributed by atoms with Crippen molar-refractivity contribution in [3.8, 4) is 0 Å². The lowest BCUT2D eigenvalue weighted by Crippen LogP contribution is -2.21. The van der Waals surface area contributed by atoms with Gasteiger partial charge in [-0.15, -0.1) is 0 Å². The summed E-state index contributed by atoms with van der Waals surface area (Å²) in [6, 6.07) is 12.8. The van der Waals surface area contributed by atoms with Gasteiger partial charge < -0.3 is 10.4 Å². The molecule has 0 aromatic heterocycles. The van der Waals surface area contributed by atoms with Crippen LogP contribution in [0.25, 0.3) is 0 Å². The molecule has 0 saturated carbocycles. The zero-order valence-electron chi connectivity index (χ0n) is 10.6. The zero-order valence-corrected chi connectivity index (χ0v) is 12.9. The predicted octanol–water partition coefficient (Wildman–Crippen LogP) is 4.47. The van der Waals surface area contributed by atoms with Gasteiger partial charge in [0.05, 0.1) is 16.1 Å². The van der Waals surface area contributed by atoms with Gasteiger partial charge in [-0.25, -0.2) is 0 Å². The van der Waals surface area contributed by atoms with E-state index in [1.165, 1.54) is 0 Å². The molecule has 1 atom stereocenters. The molecule has 2 rings (SSSR count). The molecule has 0 saturated heterocycles. The minimum atomic E-state index is -0.576. The Morgan fingerprint density at radius 3 is 2.30 bits per heavy atom. The summed E-state index contributed by atoms with van der Waals surface area (Å²) in [6.45, 7) is 0.852. The molecule has 0 bridgehead atoms. The summed E-state index contributed by atoms with van der Waals surface area (Å²) in [5.41, 5.74) is 1.60. The topological polar surface area (TPSA) is 32.3 Å². The Morgan fingerprint density at radius 2 is 1.60 bits per heavy atom. The van der Waals surface area contributed by atoms with E-state index in [4.69, 9.17) is 34.8 Å². The molecule has 0 spiro atoms. The second-order valence-electron chi connectivity index (χ2n) is 4.38. The average molecular weight is 331 g/mol. The standard InChI is InChI=1S/C15H14Cl3NO/c16-12-6-7-13(17)15(18)11(12)8-19-9-14(20)10-4-2-1-3-5-10/h1-7,14,19-20H,8-9H2. The fourth-order valence-corrected chi connectivity index (χ4v) is 2.54. The van der Waals surface area contributed by atoms with Crippen molar-refractivity contribution in [1.29, 1.82) is 0 Å². The fraction of sp³-hybridized carbons (Fsp3) is 0.200. The third-order valence-electron chi connectivity index (χ3n) is 2.96. The van der Waals surface area contributed by atoms with E-state index in [0.717, 1.165) is 11.1 Å². The molecule has 1 unspecified atom stereocenters. The van der Waals surface area contributed by atoms with Gasteiger partial charge in [-0.2, -0.15) is 0 Å². The average Bonchev–Trinajstić information content (AvgIpc) is 2.47. The van der Waals surface area contributed by atoms with E-state index >= 15 is 0 Å². The largest absolute Gasteiger partial charge is 0.387 e. The summed E-state index contributed by atoms with van der Waals surface area (Å²) in [5.74, 6) is 0. The van der Waals surface area contributed by atoms with Gasteiger partial charge in [-0.05, 0) is 17.7 Å². The lowest BCUT2D eigenvalue weighted by Gasteiger charge is -2.14. The van der Waals surface area contributed by atoms with Crippen molar-refractivity contribution in [3.05, 3.63) is 68.7 Å². The first-order chi connectivity index (χ1) is 9.59. The molecule has 2 aromatic rings. The van der Waals surface area contributed by atoms with Crippen LogP contribution in [0.5, 0.6) is 0 Å². The van der Waals surface area contributed by atoms with Gasteiger partial charge in [0.25, 0.3) is 0 Å². The second kappa shape index (κ2) is 7.30. The third-order valence-corrected chi connectivity index (χ3v) is 4.16. The number of hydrogen-bond acceptors (Lipinski definition) is 2. The molecule has 0 aliphatic carbocycles.